The van der Waals surface area contributed by atoms with Crippen molar-refractivity contribution in [2.45, 2.75) is 36.7 Å². The van der Waals surface area contributed by atoms with Crippen molar-refractivity contribution >= 4 is 21.4 Å². The van der Waals surface area contributed by atoms with E-state index in [4.69, 9.17) is 0 Å². The molecule has 0 aliphatic rings. The van der Waals surface area contributed by atoms with Crippen LogP contribution in [0.15, 0.2) is 4.21 Å². The molecule has 0 aliphatic carbocycles. The number of aromatic nitrogens is 2. The van der Waals surface area contributed by atoms with Crippen LogP contribution in [0.2, 0.25) is 0 Å². The van der Waals surface area contributed by atoms with E-state index in [0.717, 1.165) is 11.5 Å². The third kappa shape index (κ3) is 1.73. The van der Waals surface area contributed by atoms with Crippen molar-refractivity contribution < 1.29 is 8.42 Å². The van der Waals surface area contributed by atoms with E-state index >= 15 is 0 Å². The molecule has 0 unspecified atom stereocenters. The molecule has 1 rings (SSSR count). The molecular weight excluding hydrogens is 208 g/mol. The molecule has 1 aromatic rings. The van der Waals surface area contributed by atoms with Crippen molar-refractivity contribution in [3.05, 3.63) is 5.69 Å². The van der Waals surface area contributed by atoms with Gasteiger partial charge in [0.05, 0.1) is 10.4 Å². The maximum atomic E-state index is 11.9. The van der Waals surface area contributed by atoms with E-state index in [1.54, 1.807) is 27.7 Å². The van der Waals surface area contributed by atoms with Crippen LogP contribution in [-0.4, -0.2) is 22.8 Å². The van der Waals surface area contributed by atoms with Gasteiger partial charge in [0.2, 0.25) is 0 Å². The Morgan fingerprint density at radius 1 is 1.31 bits per heavy atom. The van der Waals surface area contributed by atoms with Gasteiger partial charge in [-0.25, -0.2) is 8.42 Å². The maximum Gasteiger partial charge on any atom is 0.196 e. The molecule has 0 fully saturated rings. The van der Waals surface area contributed by atoms with E-state index in [1.807, 2.05) is 0 Å². The zero-order valence-electron chi connectivity index (χ0n) is 8.03. The van der Waals surface area contributed by atoms with Crippen molar-refractivity contribution in [3.63, 3.8) is 0 Å². The fourth-order valence-electron chi connectivity index (χ4n) is 0.747. The van der Waals surface area contributed by atoms with Gasteiger partial charge in [0, 0.05) is 11.5 Å². The number of hydrogen-bond acceptors (Lipinski definition) is 5. The van der Waals surface area contributed by atoms with Crippen molar-refractivity contribution in [2.24, 2.45) is 0 Å². The van der Waals surface area contributed by atoms with Crippen LogP contribution >= 0.6 is 11.5 Å². The van der Waals surface area contributed by atoms with Gasteiger partial charge in [-0.2, -0.15) is 0 Å². The van der Waals surface area contributed by atoms with Crippen molar-refractivity contribution in [1.29, 1.82) is 0 Å². The average Bonchev–Trinajstić information content (AvgIpc) is 2.32. The average molecular weight is 220 g/mol. The first kappa shape index (κ1) is 10.6. The minimum absolute atomic E-state index is 0.278. The van der Waals surface area contributed by atoms with Crippen molar-refractivity contribution in [3.8, 4) is 0 Å². The Bertz CT molecular complexity index is 400. The first-order valence-corrected chi connectivity index (χ1v) is 6.06. The minimum atomic E-state index is -3.27. The second-order valence-corrected chi connectivity index (χ2v) is 7.41. The van der Waals surface area contributed by atoms with Crippen LogP contribution in [0.3, 0.4) is 0 Å². The highest BCUT2D eigenvalue weighted by molar-refractivity contribution is 7.94. The first-order valence-electron chi connectivity index (χ1n) is 3.80. The molecule has 0 saturated carbocycles. The lowest BCUT2D eigenvalue weighted by Crippen LogP contribution is -2.27. The van der Waals surface area contributed by atoms with E-state index in [2.05, 4.69) is 9.59 Å². The third-order valence-corrected chi connectivity index (χ3v) is 5.56. The summed E-state index contributed by atoms with van der Waals surface area (Å²) >= 11 is 0.934. The second kappa shape index (κ2) is 3.02. The van der Waals surface area contributed by atoms with Gasteiger partial charge < -0.3 is 0 Å². The Morgan fingerprint density at radius 2 is 1.85 bits per heavy atom. The molecule has 0 bridgehead atoms. The lowest BCUT2D eigenvalue weighted by atomic mass is 10.3. The summed E-state index contributed by atoms with van der Waals surface area (Å²) < 4.78 is 26.8. The van der Waals surface area contributed by atoms with Gasteiger partial charge in [0.15, 0.2) is 14.0 Å². The van der Waals surface area contributed by atoms with E-state index in [1.165, 1.54) is 0 Å². The number of hydrogen-bond donors (Lipinski definition) is 0. The number of rotatable bonds is 1. The van der Waals surface area contributed by atoms with Crippen LogP contribution < -0.4 is 0 Å². The molecule has 0 atom stereocenters. The maximum absolute atomic E-state index is 11.9. The van der Waals surface area contributed by atoms with Crippen molar-refractivity contribution in [2.75, 3.05) is 0 Å². The molecule has 1 aromatic heterocycles. The summed E-state index contributed by atoms with van der Waals surface area (Å²) in [5, 5.41) is 3.69. The molecule has 13 heavy (non-hydrogen) atoms. The Morgan fingerprint density at radius 3 is 2.15 bits per heavy atom. The quantitative estimate of drug-likeness (QED) is 0.718. The molecule has 1 heterocycles. The molecule has 74 valence electrons. The topological polar surface area (TPSA) is 59.9 Å². The summed E-state index contributed by atoms with van der Waals surface area (Å²) in [6.07, 6.45) is 0. The molecular formula is C7H12N2O2S2. The smallest absolute Gasteiger partial charge is 0.196 e. The zero-order chi connectivity index (χ0) is 10.3. The molecule has 0 aliphatic heterocycles. The summed E-state index contributed by atoms with van der Waals surface area (Å²) in [7, 11) is -3.27. The predicted molar refractivity (Wildman–Crippen MR) is 51.6 cm³/mol. The normalized spacial score (nSPS) is 13.2. The summed E-state index contributed by atoms with van der Waals surface area (Å²) in [5.41, 5.74) is 0.486. The highest BCUT2D eigenvalue weighted by Gasteiger charge is 2.34. The van der Waals surface area contributed by atoms with E-state index in [-0.39, 0.29) is 4.21 Å². The van der Waals surface area contributed by atoms with Gasteiger partial charge in [-0.05, 0) is 27.7 Å². The highest BCUT2D eigenvalue weighted by atomic mass is 32.2. The largest absolute Gasteiger partial charge is 0.222 e. The molecule has 0 radical (unpaired) electrons. The van der Waals surface area contributed by atoms with Gasteiger partial charge in [0.25, 0.3) is 0 Å². The fraction of sp³-hybridized carbons (Fsp3) is 0.714. The Labute approximate surface area is 82.1 Å². The molecule has 0 saturated heterocycles. The number of nitrogens with zero attached hydrogens (tertiary/aromatic N) is 2. The standard InChI is InChI=1S/C7H12N2O2S2/c1-5-6(12-9-8-5)13(10,11)7(2,3)4/h1-4H3. The summed E-state index contributed by atoms with van der Waals surface area (Å²) in [6.45, 7) is 6.66. The monoisotopic (exact) mass is 220 g/mol. The van der Waals surface area contributed by atoms with E-state index < -0.39 is 14.6 Å². The van der Waals surface area contributed by atoms with Crippen LogP contribution in [0.4, 0.5) is 0 Å². The molecule has 0 amide bonds. The predicted octanol–water partition coefficient (Wildman–Crippen LogP) is 1.42. The number of aryl methyl sites for hydroxylation is 1. The van der Waals surface area contributed by atoms with E-state index in [9.17, 15) is 8.42 Å². The Kier molecular flexibility index (Phi) is 2.46. The van der Waals surface area contributed by atoms with Crippen LogP contribution in [0, 0.1) is 6.92 Å². The van der Waals surface area contributed by atoms with Crippen LogP contribution in [0.5, 0.6) is 0 Å². The lowest BCUT2D eigenvalue weighted by Gasteiger charge is -2.17. The van der Waals surface area contributed by atoms with Crippen molar-refractivity contribution in [1.82, 2.24) is 9.59 Å². The Hall–Kier alpha value is -0.490. The zero-order valence-corrected chi connectivity index (χ0v) is 9.66. The number of sulfone groups is 1. The van der Waals surface area contributed by atoms with Gasteiger partial charge in [0.1, 0.15) is 0 Å². The molecule has 0 spiro atoms. The molecule has 0 N–H and O–H groups in total. The lowest BCUT2D eigenvalue weighted by molar-refractivity contribution is 0.561. The third-order valence-electron chi connectivity index (χ3n) is 1.66. The van der Waals surface area contributed by atoms with E-state index in [0.29, 0.717) is 5.69 Å². The molecule has 0 aromatic carbocycles. The molecule has 6 heteroatoms. The van der Waals surface area contributed by atoms with Gasteiger partial charge in [-0.15, -0.1) is 5.10 Å². The second-order valence-electron chi connectivity index (χ2n) is 3.76. The van der Waals surface area contributed by atoms with Crippen LogP contribution in [0.1, 0.15) is 26.5 Å². The highest BCUT2D eigenvalue weighted by Crippen LogP contribution is 2.28. The van der Waals surface area contributed by atoms with Gasteiger partial charge in [-0.3, -0.25) is 0 Å². The molecule has 4 nitrogen and oxygen atoms in total. The summed E-state index contributed by atoms with van der Waals surface area (Å²) in [4.78, 5) is 0. The Balaban J connectivity index is 3.33. The van der Waals surface area contributed by atoms with Crippen LogP contribution in [-0.2, 0) is 9.84 Å². The van der Waals surface area contributed by atoms with Gasteiger partial charge in [-0.1, -0.05) is 4.49 Å². The SMILES string of the molecule is Cc1nnsc1S(=O)(=O)C(C)(C)C. The van der Waals surface area contributed by atoms with Gasteiger partial charge >= 0.3 is 0 Å². The first-order chi connectivity index (χ1) is 5.77. The minimum Gasteiger partial charge on any atom is -0.222 e. The summed E-state index contributed by atoms with van der Waals surface area (Å²) in [6, 6.07) is 0. The fourth-order valence-corrected chi connectivity index (χ4v) is 3.39. The summed E-state index contributed by atoms with van der Waals surface area (Å²) in [5.74, 6) is 0. The van der Waals surface area contributed by atoms with Crippen LogP contribution in [0.25, 0.3) is 0 Å².